The van der Waals surface area contributed by atoms with Gasteiger partial charge in [-0.05, 0) is 48.2 Å². The Morgan fingerprint density at radius 1 is 1.20 bits per heavy atom. The van der Waals surface area contributed by atoms with E-state index in [2.05, 4.69) is 29.8 Å². The van der Waals surface area contributed by atoms with E-state index in [4.69, 9.17) is 0 Å². The minimum absolute atomic E-state index is 0.0692. The van der Waals surface area contributed by atoms with Crippen LogP contribution in [0.25, 0.3) is 9.40 Å². The molecule has 0 saturated heterocycles. The van der Waals surface area contributed by atoms with E-state index in [0.29, 0.717) is 5.56 Å². The van der Waals surface area contributed by atoms with Crippen molar-refractivity contribution in [3.63, 3.8) is 0 Å². The molecule has 3 aromatic rings. The summed E-state index contributed by atoms with van der Waals surface area (Å²) in [5, 5.41) is 5.57. The van der Waals surface area contributed by atoms with Gasteiger partial charge in [0.2, 0.25) is 0 Å². The summed E-state index contributed by atoms with van der Waals surface area (Å²) in [6.07, 6.45) is 0. The van der Waals surface area contributed by atoms with Crippen LogP contribution < -0.4 is 5.32 Å². The zero-order chi connectivity index (χ0) is 14.1. The first-order valence-electron chi connectivity index (χ1n) is 6.65. The Kier molecular flexibility index (Phi) is 3.87. The first-order valence-corrected chi connectivity index (χ1v) is 8.35. The summed E-state index contributed by atoms with van der Waals surface area (Å²) in [5.74, 6) is -0.135. The first-order chi connectivity index (χ1) is 9.69. The second-order valence-electron chi connectivity index (χ2n) is 4.80. The molecule has 1 N–H and O–H groups in total. The van der Waals surface area contributed by atoms with E-state index in [9.17, 15) is 4.39 Å². The van der Waals surface area contributed by atoms with Crippen LogP contribution in [0.5, 0.6) is 0 Å². The Morgan fingerprint density at radius 2 is 2.05 bits per heavy atom. The Bertz CT molecular complexity index is 700. The molecule has 0 aliphatic carbocycles. The maximum absolute atomic E-state index is 13.8. The van der Waals surface area contributed by atoms with Gasteiger partial charge in [0.25, 0.3) is 0 Å². The Balaban J connectivity index is 2.03. The van der Waals surface area contributed by atoms with E-state index in [1.165, 1.54) is 14.3 Å². The van der Waals surface area contributed by atoms with Crippen LogP contribution in [0.4, 0.5) is 4.39 Å². The molecule has 0 aliphatic heterocycles. The summed E-state index contributed by atoms with van der Waals surface area (Å²) in [6, 6.07) is 9.95. The molecule has 104 valence electrons. The predicted molar refractivity (Wildman–Crippen MR) is 86.4 cm³/mol. The van der Waals surface area contributed by atoms with Gasteiger partial charge in [0.1, 0.15) is 5.82 Å². The van der Waals surface area contributed by atoms with E-state index in [1.807, 2.05) is 12.1 Å². The highest BCUT2D eigenvalue weighted by molar-refractivity contribution is 7.27. The molecule has 1 unspecified atom stereocenters. The molecule has 20 heavy (non-hydrogen) atoms. The van der Waals surface area contributed by atoms with Crippen molar-refractivity contribution in [3.8, 4) is 0 Å². The van der Waals surface area contributed by atoms with Crippen LogP contribution in [0.2, 0.25) is 0 Å². The molecule has 1 atom stereocenters. The molecule has 0 amide bonds. The van der Waals surface area contributed by atoms with E-state index in [-0.39, 0.29) is 11.9 Å². The number of fused-ring (bicyclic) bond motifs is 1. The van der Waals surface area contributed by atoms with Gasteiger partial charge in [0.05, 0.1) is 6.04 Å². The van der Waals surface area contributed by atoms with Crippen molar-refractivity contribution < 1.29 is 4.39 Å². The molecule has 3 rings (SSSR count). The highest BCUT2D eigenvalue weighted by Gasteiger charge is 2.17. The summed E-state index contributed by atoms with van der Waals surface area (Å²) in [5.41, 5.74) is 1.68. The topological polar surface area (TPSA) is 12.0 Å². The third-order valence-corrected chi connectivity index (χ3v) is 5.54. The lowest BCUT2D eigenvalue weighted by atomic mass is 10.0. The molecule has 0 aliphatic rings. The molecule has 1 aromatic carbocycles. The highest BCUT2D eigenvalue weighted by Crippen LogP contribution is 2.36. The quantitative estimate of drug-likeness (QED) is 0.706. The standard InChI is InChI=1S/C16H16FNS2/c1-3-18-16(11-5-4-10(2)12(17)8-11)15-9-14-13(20-15)6-7-19-14/h4-9,16,18H,3H2,1-2H3. The molecule has 1 nitrogen and oxygen atoms in total. The van der Waals surface area contributed by atoms with Gasteiger partial charge >= 0.3 is 0 Å². The van der Waals surface area contributed by atoms with Crippen molar-refractivity contribution in [1.82, 2.24) is 5.32 Å². The Labute approximate surface area is 126 Å². The van der Waals surface area contributed by atoms with Gasteiger partial charge < -0.3 is 5.32 Å². The van der Waals surface area contributed by atoms with Gasteiger partial charge in [0, 0.05) is 14.3 Å². The Morgan fingerprint density at radius 3 is 2.75 bits per heavy atom. The number of thiophene rings is 2. The predicted octanol–water partition coefficient (Wildman–Crippen LogP) is 5.11. The highest BCUT2D eigenvalue weighted by atomic mass is 32.1. The van der Waals surface area contributed by atoms with Crippen molar-refractivity contribution in [2.24, 2.45) is 0 Å². The fourth-order valence-corrected chi connectivity index (χ4v) is 4.53. The van der Waals surface area contributed by atoms with E-state index in [0.717, 1.165) is 12.1 Å². The summed E-state index contributed by atoms with van der Waals surface area (Å²) in [6.45, 7) is 4.72. The zero-order valence-electron chi connectivity index (χ0n) is 11.4. The summed E-state index contributed by atoms with van der Waals surface area (Å²) in [7, 11) is 0. The summed E-state index contributed by atoms with van der Waals surface area (Å²) >= 11 is 3.54. The number of nitrogens with one attached hydrogen (secondary N) is 1. The van der Waals surface area contributed by atoms with Gasteiger partial charge in [-0.3, -0.25) is 0 Å². The molecule has 0 spiro atoms. The Hall–Kier alpha value is -1.23. The molecule has 0 bridgehead atoms. The molecular formula is C16H16FNS2. The van der Waals surface area contributed by atoms with Crippen molar-refractivity contribution in [2.45, 2.75) is 19.9 Å². The van der Waals surface area contributed by atoms with Crippen LogP contribution in [0.3, 0.4) is 0 Å². The van der Waals surface area contributed by atoms with E-state index >= 15 is 0 Å². The van der Waals surface area contributed by atoms with Crippen molar-refractivity contribution >= 4 is 32.1 Å². The van der Waals surface area contributed by atoms with Gasteiger partial charge in [-0.2, -0.15) is 0 Å². The largest absolute Gasteiger partial charge is 0.306 e. The summed E-state index contributed by atoms with van der Waals surface area (Å²) in [4.78, 5) is 1.25. The fraction of sp³-hybridized carbons (Fsp3) is 0.250. The van der Waals surface area contributed by atoms with Crippen LogP contribution in [0.15, 0.2) is 35.7 Å². The third-order valence-electron chi connectivity index (χ3n) is 3.38. The summed E-state index contributed by atoms with van der Waals surface area (Å²) < 4.78 is 16.4. The first kappa shape index (κ1) is 13.7. The molecular weight excluding hydrogens is 289 g/mol. The number of aryl methyl sites for hydroxylation is 1. The second-order valence-corrected chi connectivity index (χ2v) is 6.86. The molecule has 2 heterocycles. The van der Waals surface area contributed by atoms with Crippen LogP contribution in [0.1, 0.15) is 29.0 Å². The van der Waals surface area contributed by atoms with Crippen LogP contribution in [-0.4, -0.2) is 6.54 Å². The molecule has 0 radical (unpaired) electrons. The van der Waals surface area contributed by atoms with Crippen LogP contribution in [0, 0.1) is 12.7 Å². The van der Waals surface area contributed by atoms with E-state index in [1.54, 1.807) is 35.7 Å². The maximum Gasteiger partial charge on any atom is 0.126 e. The average Bonchev–Trinajstić information content (AvgIpc) is 3.00. The molecule has 2 aromatic heterocycles. The lowest BCUT2D eigenvalue weighted by Gasteiger charge is -2.17. The van der Waals surface area contributed by atoms with Crippen molar-refractivity contribution in [1.29, 1.82) is 0 Å². The lowest BCUT2D eigenvalue weighted by molar-refractivity contribution is 0.600. The van der Waals surface area contributed by atoms with Gasteiger partial charge in [-0.1, -0.05) is 19.1 Å². The van der Waals surface area contributed by atoms with Crippen molar-refractivity contribution in [3.05, 3.63) is 57.5 Å². The molecule has 0 fully saturated rings. The second kappa shape index (κ2) is 5.64. The van der Waals surface area contributed by atoms with Crippen LogP contribution in [-0.2, 0) is 0 Å². The number of benzene rings is 1. The van der Waals surface area contributed by atoms with Crippen molar-refractivity contribution in [2.75, 3.05) is 6.54 Å². The zero-order valence-corrected chi connectivity index (χ0v) is 13.1. The number of halogens is 1. The van der Waals surface area contributed by atoms with Crippen LogP contribution >= 0.6 is 22.7 Å². The molecule has 0 saturated carbocycles. The number of rotatable bonds is 4. The minimum atomic E-state index is -0.135. The molecule has 4 heteroatoms. The minimum Gasteiger partial charge on any atom is -0.306 e. The smallest absolute Gasteiger partial charge is 0.126 e. The van der Waals surface area contributed by atoms with E-state index < -0.39 is 0 Å². The monoisotopic (exact) mass is 305 g/mol. The number of hydrogen-bond donors (Lipinski definition) is 1. The average molecular weight is 305 g/mol. The lowest BCUT2D eigenvalue weighted by Crippen LogP contribution is -2.21. The SMILES string of the molecule is CCNC(c1ccc(C)c(F)c1)c1cc2sccc2s1. The van der Waals surface area contributed by atoms with Gasteiger partial charge in [-0.25, -0.2) is 4.39 Å². The fourth-order valence-electron chi connectivity index (χ4n) is 2.30. The van der Waals surface area contributed by atoms with Gasteiger partial charge in [-0.15, -0.1) is 22.7 Å². The maximum atomic E-state index is 13.8. The normalized spacial score (nSPS) is 12.9. The number of hydrogen-bond acceptors (Lipinski definition) is 3. The third kappa shape index (κ3) is 2.51. The van der Waals surface area contributed by atoms with Gasteiger partial charge in [0.15, 0.2) is 0 Å².